The quantitative estimate of drug-likeness (QED) is 0.610. The highest BCUT2D eigenvalue weighted by atomic mass is 16.5. The Morgan fingerprint density at radius 3 is 2.83 bits per heavy atom. The van der Waals surface area contributed by atoms with E-state index in [-0.39, 0.29) is 0 Å². The molecular formula is C11H18O. The van der Waals surface area contributed by atoms with Crippen LogP contribution in [-0.2, 0) is 4.74 Å². The molecule has 0 aromatic carbocycles. The van der Waals surface area contributed by atoms with E-state index in [0.29, 0.717) is 0 Å². The third-order valence-electron chi connectivity index (χ3n) is 2.01. The number of hydrogen-bond donors (Lipinski definition) is 0. The zero-order valence-corrected chi connectivity index (χ0v) is 8.31. The monoisotopic (exact) mass is 166 g/mol. The summed E-state index contributed by atoms with van der Waals surface area (Å²) in [5.41, 5.74) is 2.77. The number of rotatable bonds is 2. The van der Waals surface area contributed by atoms with Gasteiger partial charge in [0.15, 0.2) is 0 Å². The molecule has 0 saturated carbocycles. The molecule has 0 radical (unpaired) electrons. The van der Waals surface area contributed by atoms with E-state index in [4.69, 9.17) is 4.74 Å². The zero-order valence-electron chi connectivity index (χ0n) is 8.31. The van der Waals surface area contributed by atoms with Gasteiger partial charge in [-0.3, -0.25) is 0 Å². The molecule has 0 aromatic rings. The SMILES string of the molecule is CCC1=C(C=C(C)C)CCCO1. The summed E-state index contributed by atoms with van der Waals surface area (Å²) in [5, 5.41) is 0. The van der Waals surface area contributed by atoms with Crippen molar-refractivity contribution >= 4 is 0 Å². The second kappa shape index (κ2) is 4.34. The summed E-state index contributed by atoms with van der Waals surface area (Å²) in [6.07, 6.45) is 5.63. The lowest BCUT2D eigenvalue weighted by Crippen LogP contribution is -2.05. The molecule has 1 aliphatic heterocycles. The Morgan fingerprint density at radius 2 is 2.25 bits per heavy atom. The first-order valence-corrected chi connectivity index (χ1v) is 4.73. The summed E-state index contributed by atoms with van der Waals surface area (Å²) < 4.78 is 5.58. The first-order chi connectivity index (χ1) is 5.74. The zero-order chi connectivity index (χ0) is 8.97. The van der Waals surface area contributed by atoms with Gasteiger partial charge in [0.1, 0.15) is 0 Å². The maximum Gasteiger partial charge on any atom is 0.0988 e. The van der Waals surface area contributed by atoms with E-state index in [1.165, 1.54) is 29.7 Å². The molecular weight excluding hydrogens is 148 g/mol. The van der Waals surface area contributed by atoms with Gasteiger partial charge in [-0.15, -0.1) is 0 Å². The van der Waals surface area contributed by atoms with Crippen LogP contribution in [0.2, 0.25) is 0 Å². The first-order valence-electron chi connectivity index (χ1n) is 4.73. The van der Waals surface area contributed by atoms with Crippen LogP contribution in [0.25, 0.3) is 0 Å². The van der Waals surface area contributed by atoms with Crippen molar-refractivity contribution in [2.24, 2.45) is 0 Å². The van der Waals surface area contributed by atoms with E-state index < -0.39 is 0 Å². The molecule has 0 N–H and O–H groups in total. The van der Waals surface area contributed by atoms with Crippen molar-refractivity contribution < 1.29 is 4.74 Å². The Kier molecular flexibility index (Phi) is 3.39. The Bertz CT molecular complexity index is 207. The summed E-state index contributed by atoms with van der Waals surface area (Å²) in [4.78, 5) is 0. The van der Waals surface area contributed by atoms with Crippen molar-refractivity contribution in [3.8, 4) is 0 Å². The van der Waals surface area contributed by atoms with Gasteiger partial charge in [0.2, 0.25) is 0 Å². The predicted molar refractivity (Wildman–Crippen MR) is 51.9 cm³/mol. The van der Waals surface area contributed by atoms with Crippen LogP contribution in [0.3, 0.4) is 0 Å². The summed E-state index contributed by atoms with van der Waals surface area (Å²) in [7, 11) is 0. The molecule has 1 heterocycles. The van der Waals surface area contributed by atoms with Gasteiger partial charge in [0.05, 0.1) is 12.4 Å². The topological polar surface area (TPSA) is 9.23 Å². The molecule has 0 spiro atoms. The summed E-state index contributed by atoms with van der Waals surface area (Å²) >= 11 is 0. The Balaban J connectivity index is 2.80. The fourth-order valence-corrected chi connectivity index (χ4v) is 1.52. The van der Waals surface area contributed by atoms with Crippen molar-refractivity contribution in [2.75, 3.05) is 6.61 Å². The molecule has 1 rings (SSSR count). The Hall–Kier alpha value is -0.720. The van der Waals surface area contributed by atoms with Gasteiger partial charge in [-0.05, 0) is 32.3 Å². The molecule has 0 unspecified atom stereocenters. The van der Waals surface area contributed by atoms with Crippen molar-refractivity contribution in [3.05, 3.63) is 23.0 Å². The van der Waals surface area contributed by atoms with Crippen molar-refractivity contribution in [2.45, 2.75) is 40.0 Å². The molecule has 0 fully saturated rings. The predicted octanol–water partition coefficient (Wildman–Crippen LogP) is 3.43. The van der Waals surface area contributed by atoms with Gasteiger partial charge in [0.25, 0.3) is 0 Å². The molecule has 0 aliphatic carbocycles. The normalized spacial score (nSPS) is 17.2. The molecule has 0 saturated heterocycles. The van der Waals surface area contributed by atoms with E-state index in [1.54, 1.807) is 0 Å². The molecule has 12 heavy (non-hydrogen) atoms. The van der Waals surface area contributed by atoms with E-state index >= 15 is 0 Å². The first kappa shape index (κ1) is 9.37. The van der Waals surface area contributed by atoms with Crippen LogP contribution < -0.4 is 0 Å². The second-order valence-electron chi connectivity index (χ2n) is 3.48. The highest BCUT2D eigenvalue weighted by molar-refractivity contribution is 5.26. The van der Waals surface area contributed by atoms with Crippen molar-refractivity contribution in [1.82, 2.24) is 0 Å². The van der Waals surface area contributed by atoms with Gasteiger partial charge >= 0.3 is 0 Å². The van der Waals surface area contributed by atoms with Crippen molar-refractivity contribution in [1.29, 1.82) is 0 Å². The van der Waals surface area contributed by atoms with Crippen LogP contribution in [0.4, 0.5) is 0 Å². The standard InChI is InChI=1S/C11H18O/c1-4-11-10(8-9(2)3)6-5-7-12-11/h8H,4-7H2,1-3H3. The molecule has 0 atom stereocenters. The van der Waals surface area contributed by atoms with E-state index in [1.807, 2.05) is 0 Å². The molecule has 1 heteroatoms. The van der Waals surface area contributed by atoms with Gasteiger partial charge in [-0.1, -0.05) is 18.6 Å². The minimum Gasteiger partial charge on any atom is -0.498 e. The molecule has 68 valence electrons. The maximum atomic E-state index is 5.58. The van der Waals surface area contributed by atoms with Crippen molar-refractivity contribution in [3.63, 3.8) is 0 Å². The van der Waals surface area contributed by atoms with E-state index in [9.17, 15) is 0 Å². The third kappa shape index (κ3) is 2.40. The van der Waals surface area contributed by atoms with Crippen LogP contribution in [0.1, 0.15) is 40.0 Å². The number of hydrogen-bond acceptors (Lipinski definition) is 1. The lowest BCUT2D eigenvalue weighted by atomic mass is 10.0. The van der Waals surface area contributed by atoms with Crippen LogP contribution in [-0.4, -0.2) is 6.61 Å². The highest BCUT2D eigenvalue weighted by Gasteiger charge is 2.09. The van der Waals surface area contributed by atoms with Gasteiger partial charge in [0, 0.05) is 6.42 Å². The second-order valence-corrected chi connectivity index (χ2v) is 3.48. The third-order valence-corrected chi connectivity index (χ3v) is 2.01. The Labute approximate surface area is 75.1 Å². The maximum absolute atomic E-state index is 5.58. The van der Waals surface area contributed by atoms with Gasteiger partial charge in [-0.2, -0.15) is 0 Å². The average Bonchev–Trinajstić information content (AvgIpc) is 2.04. The molecule has 0 aromatic heterocycles. The molecule has 0 bridgehead atoms. The van der Waals surface area contributed by atoms with Crippen LogP contribution in [0, 0.1) is 0 Å². The molecule has 0 amide bonds. The number of ether oxygens (including phenoxy) is 1. The smallest absolute Gasteiger partial charge is 0.0988 e. The molecule has 1 nitrogen and oxygen atoms in total. The number of allylic oxidation sites excluding steroid dienone is 4. The van der Waals surface area contributed by atoms with Gasteiger partial charge < -0.3 is 4.74 Å². The van der Waals surface area contributed by atoms with Crippen LogP contribution >= 0.6 is 0 Å². The lowest BCUT2D eigenvalue weighted by Gasteiger charge is -2.18. The highest BCUT2D eigenvalue weighted by Crippen LogP contribution is 2.23. The minimum atomic E-state index is 0.906. The minimum absolute atomic E-state index is 0.906. The fraction of sp³-hybridized carbons (Fsp3) is 0.636. The van der Waals surface area contributed by atoms with Gasteiger partial charge in [-0.25, -0.2) is 0 Å². The lowest BCUT2D eigenvalue weighted by molar-refractivity contribution is 0.182. The summed E-state index contributed by atoms with van der Waals surface area (Å²) in [5.74, 6) is 1.20. The van der Waals surface area contributed by atoms with E-state index in [2.05, 4.69) is 26.8 Å². The van der Waals surface area contributed by atoms with Crippen LogP contribution in [0.5, 0.6) is 0 Å². The largest absolute Gasteiger partial charge is 0.498 e. The Morgan fingerprint density at radius 1 is 1.50 bits per heavy atom. The van der Waals surface area contributed by atoms with Crippen LogP contribution in [0.15, 0.2) is 23.0 Å². The molecule has 1 aliphatic rings. The summed E-state index contributed by atoms with van der Waals surface area (Å²) in [6, 6.07) is 0. The fourth-order valence-electron chi connectivity index (χ4n) is 1.52. The average molecular weight is 166 g/mol. The van der Waals surface area contributed by atoms with E-state index in [0.717, 1.165) is 13.0 Å². The summed E-state index contributed by atoms with van der Waals surface area (Å²) in [6.45, 7) is 7.33.